The summed E-state index contributed by atoms with van der Waals surface area (Å²) in [4.78, 5) is 0. The summed E-state index contributed by atoms with van der Waals surface area (Å²) in [6, 6.07) is 8.57. The van der Waals surface area contributed by atoms with Crippen LogP contribution < -0.4 is 0 Å². The van der Waals surface area contributed by atoms with Gasteiger partial charge < -0.3 is 0 Å². The molecule has 0 atom stereocenters. The molecule has 1 rings (SSSR count). The average Bonchev–Trinajstić information content (AvgIpc) is 2.13. The topological polar surface area (TPSA) is 0 Å². The molecule has 0 unspecified atom stereocenters. The molecule has 0 aromatic heterocycles. The molecule has 0 aliphatic heterocycles. The van der Waals surface area contributed by atoms with E-state index in [1.54, 1.807) is 0 Å². The summed E-state index contributed by atoms with van der Waals surface area (Å²) < 4.78 is 0. The molecule has 0 heteroatoms. The predicted molar refractivity (Wildman–Crippen MR) is 71.5 cm³/mol. The molecule has 86 valence electrons. The van der Waals surface area contributed by atoms with E-state index in [4.69, 9.17) is 0 Å². The van der Waals surface area contributed by atoms with Crippen molar-refractivity contribution in [1.29, 1.82) is 0 Å². The highest BCUT2D eigenvalue weighted by Crippen LogP contribution is 2.22. The Kier molecular flexibility index (Phi) is 3.48. The van der Waals surface area contributed by atoms with Gasteiger partial charge in [-0.3, -0.25) is 0 Å². The van der Waals surface area contributed by atoms with Gasteiger partial charge in [0.05, 0.1) is 0 Å². The molecule has 0 spiro atoms. The van der Waals surface area contributed by atoms with E-state index < -0.39 is 0 Å². The number of benzene rings is 1. The second kappa shape index (κ2) is 4.34. The van der Waals surface area contributed by atoms with Crippen molar-refractivity contribution in [2.75, 3.05) is 0 Å². The fourth-order valence-electron chi connectivity index (χ4n) is 1.31. The summed E-state index contributed by atoms with van der Waals surface area (Å²) in [5.74, 6) is 6.46. The van der Waals surface area contributed by atoms with Crippen LogP contribution in [0.3, 0.4) is 0 Å². The fourth-order valence-corrected chi connectivity index (χ4v) is 1.31. The summed E-state index contributed by atoms with van der Waals surface area (Å²) in [6.45, 7) is 13.1. The monoisotopic (exact) mass is 214 g/mol. The summed E-state index contributed by atoms with van der Waals surface area (Å²) >= 11 is 0. The van der Waals surface area contributed by atoms with E-state index in [1.165, 1.54) is 5.56 Å². The van der Waals surface area contributed by atoms with Crippen molar-refractivity contribution >= 4 is 0 Å². The quantitative estimate of drug-likeness (QED) is 0.562. The first-order valence-electron chi connectivity index (χ1n) is 5.82. The Labute approximate surface area is 100 Å². The van der Waals surface area contributed by atoms with Crippen molar-refractivity contribution < 1.29 is 0 Å². The zero-order valence-electron chi connectivity index (χ0n) is 11.3. The van der Waals surface area contributed by atoms with Crippen molar-refractivity contribution in [2.45, 2.75) is 47.0 Å². The minimum absolute atomic E-state index is 0.0721. The highest BCUT2D eigenvalue weighted by molar-refractivity contribution is 5.38. The summed E-state index contributed by atoms with van der Waals surface area (Å²) in [5, 5.41) is 0. The Bertz CT molecular complexity index is 397. The standard InChI is InChI=1S/C16H22/c1-15(2,3)12-11-13-7-9-14(10-8-13)16(4,5)6/h7-10H,1-6H3. The third-order valence-corrected chi connectivity index (χ3v) is 2.33. The molecule has 0 amide bonds. The summed E-state index contributed by atoms with van der Waals surface area (Å²) in [5.41, 5.74) is 2.75. The number of rotatable bonds is 0. The molecular formula is C16H22. The Hall–Kier alpha value is -1.22. The maximum Gasteiger partial charge on any atom is 0.0245 e. The lowest BCUT2D eigenvalue weighted by Gasteiger charge is -2.18. The predicted octanol–water partition coefficient (Wildman–Crippen LogP) is 4.38. The van der Waals surface area contributed by atoms with Crippen molar-refractivity contribution in [3.63, 3.8) is 0 Å². The number of hydrogen-bond acceptors (Lipinski definition) is 0. The SMILES string of the molecule is CC(C)(C)C#Cc1ccc(C(C)(C)C)cc1. The van der Waals surface area contributed by atoms with Crippen LogP contribution in [0, 0.1) is 17.3 Å². The van der Waals surface area contributed by atoms with Crippen LogP contribution in [0.5, 0.6) is 0 Å². The Morgan fingerprint density at radius 3 is 1.69 bits per heavy atom. The Morgan fingerprint density at radius 2 is 1.31 bits per heavy atom. The first-order valence-corrected chi connectivity index (χ1v) is 5.82. The highest BCUT2D eigenvalue weighted by atomic mass is 14.2. The van der Waals surface area contributed by atoms with Gasteiger partial charge in [-0.05, 0) is 43.9 Å². The molecule has 0 radical (unpaired) electrons. The molecule has 0 heterocycles. The van der Waals surface area contributed by atoms with Crippen LogP contribution in [-0.2, 0) is 5.41 Å². The van der Waals surface area contributed by atoms with Gasteiger partial charge in [-0.15, -0.1) is 0 Å². The van der Waals surface area contributed by atoms with Crippen LogP contribution >= 0.6 is 0 Å². The van der Waals surface area contributed by atoms with E-state index >= 15 is 0 Å². The molecular weight excluding hydrogens is 192 g/mol. The summed E-state index contributed by atoms with van der Waals surface area (Å²) in [6.07, 6.45) is 0. The molecule has 0 saturated carbocycles. The van der Waals surface area contributed by atoms with Crippen molar-refractivity contribution in [3.8, 4) is 11.8 Å². The van der Waals surface area contributed by atoms with Gasteiger partial charge in [0, 0.05) is 11.0 Å². The van der Waals surface area contributed by atoms with Crippen molar-refractivity contribution in [1.82, 2.24) is 0 Å². The van der Waals surface area contributed by atoms with Crippen LogP contribution in [0.1, 0.15) is 52.7 Å². The van der Waals surface area contributed by atoms with Crippen LogP contribution in [0.4, 0.5) is 0 Å². The normalized spacial score (nSPS) is 11.9. The smallest absolute Gasteiger partial charge is 0.0245 e. The maximum absolute atomic E-state index is 3.25. The largest absolute Gasteiger partial charge is 0.0920 e. The molecule has 1 aromatic rings. The molecule has 0 fully saturated rings. The van der Waals surface area contributed by atoms with Gasteiger partial charge in [0.25, 0.3) is 0 Å². The minimum Gasteiger partial charge on any atom is -0.0920 e. The van der Waals surface area contributed by atoms with E-state index in [0.29, 0.717) is 0 Å². The van der Waals surface area contributed by atoms with E-state index in [-0.39, 0.29) is 10.8 Å². The molecule has 0 bridgehead atoms. The van der Waals surface area contributed by atoms with Gasteiger partial charge in [-0.25, -0.2) is 0 Å². The van der Waals surface area contributed by atoms with E-state index in [0.717, 1.165) is 5.56 Å². The first-order chi connectivity index (χ1) is 7.18. The van der Waals surface area contributed by atoms with Gasteiger partial charge in [0.15, 0.2) is 0 Å². The lowest BCUT2D eigenvalue weighted by atomic mass is 9.86. The lowest BCUT2D eigenvalue weighted by Crippen LogP contribution is -2.10. The van der Waals surface area contributed by atoms with Crippen LogP contribution in [0.15, 0.2) is 24.3 Å². The van der Waals surface area contributed by atoms with Gasteiger partial charge in [0.1, 0.15) is 0 Å². The van der Waals surface area contributed by atoms with Gasteiger partial charge in [0.2, 0.25) is 0 Å². The molecule has 0 nitrogen and oxygen atoms in total. The second-order valence-corrected chi connectivity index (χ2v) is 6.33. The van der Waals surface area contributed by atoms with Crippen LogP contribution in [-0.4, -0.2) is 0 Å². The molecule has 0 aliphatic rings. The minimum atomic E-state index is 0.0721. The lowest BCUT2D eigenvalue weighted by molar-refractivity contribution is 0.571. The van der Waals surface area contributed by atoms with E-state index in [9.17, 15) is 0 Å². The second-order valence-electron chi connectivity index (χ2n) is 6.33. The molecule has 0 aliphatic carbocycles. The van der Waals surface area contributed by atoms with Gasteiger partial charge in [-0.1, -0.05) is 44.7 Å². The number of hydrogen-bond donors (Lipinski definition) is 0. The third-order valence-electron chi connectivity index (χ3n) is 2.33. The van der Waals surface area contributed by atoms with Crippen molar-refractivity contribution in [2.24, 2.45) is 5.41 Å². The van der Waals surface area contributed by atoms with Crippen LogP contribution in [0.25, 0.3) is 0 Å². The van der Waals surface area contributed by atoms with Gasteiger partial charge in [-0.2, -0.15) is 0 Å². The average molecular weight is 214 g/mol. The first kappa shape index (κ1) is 12.8. The van der Waals surface area contributed by atoms with Crippen LogP contribution in [0.2, 0.25) is 0 Å². The molecule has 0 saturated heterocycles. The maximum atomic E-state index is 3.25. The zero-order valence-corrected chi connectivity index (χ0v) is 11.3. The summed E-state index contributed by atoms with van der Waals surface area (Å²) in [7, 11) is 0. The molecule has 0 N–H and O–H groups in total. The Balaban J connectivity index is 2.91. The van der Waals surface area contributed by atoms with Crippen molar-refractivity contribution in [3.05, 3.63) is 35.4 Å². The van der Waals surface area contributed by atoms with E-state index in [1.807, 2.05) is 0 Å². The fraction of sp³-hybridized carbons (Fsp3) is 0.500. The molecule has 1 aromatic carbocycles. The third kappa shape index (κ3) is 4.11. The van der Waals surface area contributed by atoms with Gasteiger partial charge >= 0.3 is 0 Å². The molecule has 16 heavy (non-hydrogen) atoms. The Morgan fingerprint density at radius 1 is 0.812 bits per heavy atom. The van der Waals surface area contributed by atoms with E-state index in [2.05, 4.69) is 77.6 Å². The highest BCUT2D eigenvalue weighted by Gasteiger charge is 2.12. The zero-order chi connectivity index (χ0) is 12.4.